The molecule has 0 radical (unpaired) electrons. The van der Waals surface area contributed by atoms with Crippen molar-refractivity contribution in [3.05, 3.63) is 69.0 Å². The van der Waals surface area contributed by atoms with E-state index >= 15 is 0 Å². The number of hydrogen-bond acceptors (Lipinski definition) is 2. The highest BCUT2D eigenvalue weighted by Crippen LogP contribution is 2.06. The van der Waals surface area contributed by atoms with Crippen molar-refractivity contribution in [2.75, 3.05) is 0 Å². The number of nitrogens with zero attached hydrogens (tertiary/aromatic N) is 1. The first-order valence-electron chi connectivity index (χ1n) is 5.50. The van der Waals surface area contributed by atoms with Gasteiger partial charge in [-0.1, -0.05) is 12.1 Å². The van der Waals surface area contributed by atoms with Gasteiger partial charge in [0.1, 0.15) is 5.82 Å². The van der Waals surface area contributed by atoms with Gasteiger partial charge in [-0.05, 0) is 64.6 Å². The summed E-state index contributed by atoms with van der Waals surface area (Å²) in [5.41, 5.74) is 3.67. The summed E-state index contributed by atoms with van der Waals surface area (Å²) in [6.45, 7) is 0. The molecular weight excluding hydrogens is 358 g/mol. The Kier molecular flexibility index (Phi) is 4.62. The van der Waals surface area contributed by atoms with Crippen LogP contribution in [0.15, 0.2) is 53.6 Å². The monoisotopic (exact) mass is 368 g/mol. The molecule has 0 saturated heterocycles. The fraction of sp³-hybridized carbons (Fsp3) is 0. The van der Waals surface area contributed by atoms with E-state index in [0.717, 1.165) is 3.57 Å². The van der Waals surface area contributed by atoms with Gasteiger partial charge in [-0.15, -0.1) is 0 Å². The molecule has 2 rings (SSSR count). The van der Waals surface area contributed by atoms with Crippen molar-refractivity contribution in [3.8, 4) is 0 Å². The maximum Gasteiger partial charge on any atom is 0.271 e. The van der Waals surface area contributed by atoms with E-state index in [-0.39, 0.29) is 11.7 Å². The Morgan fingerprint density at radius 3 is 2.37 bits per heavy atom. The van der Waals surface area contributed by atoms with Gasteiger partial charge in [0.15, 0.2) is 0 Å². The molecule has 0 aromatic heterocycles. The number of carbonyl (C=O) groups is 1. The Bertz CT molecular complexity index is 594. The van der Waals surface area contributed by atoms with E-state index < -0.39 is 0 Å². The quantitative estimate of drug-likeness (QED) is 0.505. The minimum absolute atomic E-state index is 0.283. The topological polar surface area (TPSA) is 41.5 Å². The zero-order chi connectivity index (χ0) is 13.7. The summed E-state index contributed by atoms with van der Waals surface area (Å²) >= 11 is 2.17. The summed E-state index contributed by atoms with van der Waals surface area (Å²) < 4.78 is 13.7. The van der Waals surface area contributed by atoms with Crippen LogP contribution in [0.1, 0.15) is 15.9 Å². The van der Waals surface area contributed by atoms with Crippen molar-refractivity contribution in [1.29, 1.82) is 0 Å². The molecule has 0 aliphatic rings. The third kappa shape index (κ3) is 4.13. The zero-order valence-corrected chi connectivity index (χ0v) is 12.0. The van der Waals surface area contributed by atoms with Crippen molar-refractivity contribution in [2.24, 2.45) is 5.10 Å². The van der Waals surface area contributed by atoms with Crippen molar-refractivity contribution >= 4 is 34.7 Å². The van der Waals surface area contributed by atoms with E-state index in [2.05, 4.69) is 33.1 Å². The normalized spacial score (nSPS) is 10.6. The van der Waals surface area contributed by atoms with Gasteiger partial charge in [0.2, 0.25) is 0 Å². The fourth-order valence-corrected chi connectivity index (χ4v) is 1.74. The molecule has 3 nitrogen and oxygen atoms in total. The Balaban J connectivity index is 1.96. The summed E-state index contributed by atoms with van der Waals surface area (Å²) in [5, 5.41) is 3.82. The van der Waals surface area contributed by atoms with Crippen LogP contribution < -0.4 is 5.43 Å². The number of rotatable bonds is 3. The molecule has 0 unspecified atom stereocenters. The first kappa shape index (κ1) is 13.7. The lowest BCUT2D eigenvalue weighted by Gasteiger charge is -1.99. The van der Waals surface area contributed by atoms with Crippen LogP contribution in [-0.4, -0.2) is 12.1 Å². The molecule has 5 heteroatoms. The first-order chi connectivity index (χ1) is 9.15. The molecule has 0 spiro atoms. The maximum absolute atomic E-state index is 12.7. The van der Waals surface area contributed by atoms with Crippen LogP contribution in [0.25, 0.3) is 0 Å². The van der Waals surface area contributed by atoms with E-state index in [4.69, 9.17) is 0 Å². The van der Waals surface area contributed by atoms with E-state index in [1.165, 1.54) is 18.3 Å². The molecule has 0 fully saturated rings. The second kappa shape index (κ2) is 6.42. The lowest BCUT2D eigenvalue weighted by Crippen LogP contribution is -2.17. The number of hydrogen-bond donors (Lipinski definition) is 1. The molecule has 0 heterocycles. The van der Waals surface area contributed by atoms with Gasteiger partial charge in [-0.3, -0.25) is 4.79 Å². The van der Waals surface area contributed by atoms with Gasteiger partial charge in [-0.25, -0.2) is 9.82 Å². The molecule has 0 aliphatic heterocycles. The third-order valence-electron chi connectivity index (χ3n) is 2.36. The lowest BCUT2D eigenvalue weighted by molar-refractivity contribution is 0.0955. The Labute approximate surface area is 123 Å². The molecule has 1 amide bonds. The maximum atomic E-state index is 12.7. The predicted molar refractivity (Wildman–Crippen MR) is 80.6 cm³/mol. The highest BCUT2D eigenvalue weighted by molar-refractivity contribution is 14.1. The van der Waals surface area contributed by atoms with E-state index in [0.29, 0.717) is 11.1 Å². The van der Waals surface area contributed by atoms with Gasteiger partial charge in [0.05, 0.1) is 6.21 Å². The Morgan fingerprint density at radius 1 is 1.11 bits per heavy atom. The standard InChI is InChI=1S/C14H10FIN2O/c15-12-5-1-10(2-6-12)9-17-18-14(19)11-3-7-13(16)8-4-11/h1-9H,(H,18,19)/b17-9-. The molecule has 1 N–H and O–H groups in total. The molecule has 0 saturated carbocycles. The zero-order valence-electron chi connectivity index (χ0n) is 9.81. The summed E-state index contributed by atoms with van der Waals surface area (Å²) in [4.78, 5) is 11.7. The minimum atomic E-state index is -0.305. The van der Waals surface area contributed by atoms with Gasteiger partial charge in [-0.2, -0.15) is 5.10 Å². The SMILES string of the molecule is O=C(N/N=C\c1ccc(F)cc1)c1ccc(I)cc1. The Morgan fingerprint density at radius 2 is 1.74 bits per heavy atom. The molecule has 0 bridgehead atoms. The summed E-state index contributed by atoms with van der Waals surface area (Å²) in [7, 11) is 0. The molecule has 2 aromatic carbocycles. The molecular formula is C14H10FIN2O. The van der Waals surface area contributed by atoms with Crippen LogP contribution >= 0.6 is 22.6 Å². The van der Waals surface area contributed by atoms with Crippen molar-refractivity contribution in [3.63, 3.8) is 0 Å². The van der Waals surface area contributed by atoms with E-state index in [1.807, 2.05) is 12.1 Å². The first-order valence-corrected chi connectivity index (χ1v) is 6.57. The third-order valence-corrected chi connectivity index (χ3v) is 3.08. The van der Waals surface area contributed by atoms with E-state index in [9.17, 15) is 9.18 Å². The minimum Gasteiger partial charge on any atom is -0.267 e. The van der Waals surface area contributed by atoms with Crippen LogP contribution in [0.3, 0.4) is 0 Å². The van der Waals surface area contributed by atoms with Crippen LogP contribution in [0.5, 0.6) is 0 Å². The summed E-state index contributed by atoms with van der Waals surface area (Å²) in [5.74, 6) is -0.588. The predicted octanol–water partition coefficient (Wildman–Crippen LogP) is 3.19. The second-order valence-corrected chi connectivity index (χ2v) is 5.00. The van der Waals surface area contributed by atoms with Gasteiger partial charge >= 0.3 is 0 Å². The number of halogens is 2. The number of amides is 1. The molecule has 0 atom stereocenters. The van der Waals surface area contributed by atoms with Gasteiger partial charge < -0.3 is 0 Å². The average Bonchev–Trinajstić information content (AvgIpc) is 2.41. The molecule has 2 aromatic rings. The van der Waals surface area contributed by atoms with Crippen molar-refractivity contribution in [2.45, 2.75) is 0 Å². The van der Waals surface area contributed by atoms with Gasteiger partial charge in [0.25, 0.3) is 5.91 Å². The fourth-order valence-electron chi connectivity index (χ4n) is 1.38. The van der Waals surface area contributed by atoms with Crippen LogP contribution in [-0.2, 0) is 0 Å². The summed E-state index contributed by atoms with van der Waals surface area (Å²) in [6, 6.07) is 13.0. The van der Waals surface area contributed by atoms with Crippen LogP contribution in [0, 0.1) is 9.39 Å². The molecule has 96 valence electrons. The number of carbonyl (C=O) groups excluding carboxylic acids is 1. The smallest absolute Gasteiger partial charge is 0.267 e. The summed E-state index contributed by atoms with van der Waals surface area (Å²) in [6.07, 6.45) is 1.46. The van der Waals surface area contributed by atoms with Crippen LogP contribution in [0.2, 0.25) is 0 Å². The highest BCUT2D eigenvalue weighted by Gasteiger charge is 2.02. The lowest BCUT2D eigenvalue weighted by atomic mass is 10.2. The Hall–Kier alpha value is -1.76. The average molecular weight is 368 g/mol. The van der Waals surface area contributed by atoms with Crippen molar-refractivity contribution in [1.82, 2.24) is 5.43 Å². The van der Waals surface area contributed by atoms with Crippen molar-refractivity contribution < 1.29 is 9.18 Å². The number of benzene rings is 2. The van der Waals surface area contributed by atoms with E-state index in [1.54, 1.807) is 24.3 Å². The second-order valence-electron chi connectivity index (χ2n) is 3.76. The van der Waals surface area contributed by atoms with Crippen LogP contribution in [0.4, 0.5) is 4.39 Å². The molecule has 0 aliphatic carbocycles. The largest absolute Gasteiger partial charge is 0.271 e. The van der Waals surface area contributed by atoms with Gasteiger partial charge in [0, 0.05) is 9.13 Å². The number of hydrazone groups is 1. The highest BCUT2D eigenvalue weighted by atomic mass is 127. The number of nitrogens with one attached hydrogen (secondary N) is 1. The molecule has 19 heavy (non-hydrogen) atoms.